The molecule has 226 valence electrons. The molecule has 1 atom stereocenters. The summed E-state index contributed by atoms with van der Waals surface area (Å²) in [6.45, 7) is 4.12. The standard InChI is InChI=1S/C34H34N4O5S/c1-25-15-19-43-32(25)34(41)36-29-8-5-7-26(22-29)11-12-27-21-28(24-35-23-27)33(40)37-44(42,31-9-3-2-4-10-31)20-6-16-38-17-13-30(39)14-18-38/h2-5,7-10,15,19,21-24,30,39H,6,13-14,16-18,20H2,1H3,(H,36,41). The molecule has 2 N–H and O–H groups in total. The monoisotopic (exact) mass is 610 g/mol. The van der Waals surface area contributed by atoms with Gasteiger partial charge in [-0.25, -0.2) is 4.21 Å². The number of likely N-dealkylation sites (tertiary alicyclic amines) is 1. The fourth-order valence-electron chi connectivity index (χ4n) is 4.90. The van der Waals surface area contributed by atoms with E-state index in [-0.39, 0.29) is 29.1 Å². The summed E-state index contributed by atoms with van der Waals surface area (Å²) in [5.74, 6) is 5.57. The highest BCUT2D eigenvalue weighted by Gasteiger charge is 2.20. The molecule has 3 heterocycles. The largest absolute Gasteiger partial charge is 0.459 e. The maximum atomic E-state index is 14.1. The summed E-state index contributed by atoms with van der Waals surface area (Å²) in [5, 5.41) is 12.6. The minimum Gasteiger partial charge on any atom is -0.459 e. The van der Waals surface area contributed by atoms with E-state index >= 15 is 0 Å². The van der Waals surface area contributed by atoms with Crippen molar-refractivity contribution in [2.24, 2.45) is 4.36 Å². The van der Waals surface area contributed by atoms with Crippen molar-refractivity contribution in [1.29, 1.82) is 0 Å². The first-order valence-corrected chi connectivity index (χ1v) is 16.1. The topological polar surface area (TPSA) is 125 Å². The zero-order valence-corrected chi connectivity index (χ0v) is 25.3. The van der Waals surface area contributed by atoms with E-state index in [1.54, 1.807) is 73.8 Å². The number of carbonyl (C=O) groups is 2. The van der Waals surface area contributed by atoms with E-state index in [1.165, 1.54) is 12.5 Å². The molecule has 0 aliphatic carbocycles. The number of amides is 2. The molecule has 1 unspecified atom stereocenters. The number of furan rings is 1. The Balaban J connectivity index is 1.31. The molecule has 44 heavy (non-hydrogen) atoms. The van der Waals surface area contributed by atoms with Crippen LogP contribution in [0.25, 0.3) is 0 Å². The lowest BCUT2D eigenvalue weighted by atomic mass is 10.1. The zero-order chi connectivity index (χ0) is 30.9. The number of aryl methyl sites for hydroxylation is 1. The van der Waals surface area contributed by atoms with Gasteiger partial charge in [0.25, 0.3) is 11.8 Å². The van der Waals surface area contributed by atoms with Gasteiger partial charge in [-0.3, -0.25) is 14.6 Å². The predicted molar refractivity (Wildman–Crippen MR) is 169 cm³/mol. The number of hydrogen-bond acceptors (Lipinski definition) is 7. The van der Waals surface area contributed by atoms with Crippen LogP contribution in [0.2, 0.25) is 0 Å². The van der Waals surface area contributed by atoms with Crippen molar-refractivity contribution in [3.8, 4) is 11.8 Å². The fourth-order valence-corrected chi connectivity index (χ4v) is 6.81. The molecule has 2 amide bonds. The van der Waals surface area contributed by atoms with Crippen molar-refractivity contribution in [3.63, 3.8) is 0 Å². The quantitative estimate of drug-likeness (QED) is 0.265. The van der Waals surface area contributed by atoms with Crippen LogP contribution in [0, 0.1) is 18.8 Å². The number of benzene rings is 2. The molecule has 10 heteroatoms. The zero-order valence-electron chi connectivity index (χ0n) is 24.4. The molecule has 1 aliphatic heterocycles. The highest BCUT2D eigenvalue weighted by molar-refractivity contribution is 7.94. The minimum absolute atomic E-state index is 0.195. The average Bonchev–Trinajstić information content (AvgIpc) is 3.47. The molecule has 5 rings (SSSR count). The highest BCUT2D eigenvalue weighted by Crippen LogP contribution is 2.19. The van der Waals surface area contributed by atoms with Crippen LogP contribution < -0.4 is 5.32 Å². The number of hydrogen-bond donors (Lipinski definition) is 2. The molecule has 1 fully saturated rings. The molecule has 0 spiro atoms. The van der Waals surface area contributed by atoms with Crippen LogP contribution in [0.15, 0.2) is 99.1 Å². The number of rotatable bonds is 8. The van der Waals surface area contributed by atoms with Gasteiger partial charge in [0.1, 0.15) is 0 Å². The number of aliphatic hydroxyl groups excluding tert-OH is 1. The first-order valence-electron chi connectivity index (χ1n) is 14.5. The predicted octanol–water partition coefficient (Wildman–Crippen LogP) is 5.15. The van der Waals surface area contributed by atoms with Crippen LogP contribution in [-0.4, -0.2) is 62.5 Å². The van der Waals surface area contributed by atoms with Gasteiger partial charge in [0.05, 0.1) is 27.7 Å². The first-order chi connectivity index (χ1) is 21.3. The van der Waals surface area contributed by atoms with Crippen molar-refractivity contribution in [2.75, 3.05) is 30.7 Å². The molecule has 0 bridgehead atoms. The molecular weight excluding hydrogens is 576 g/mol. The molecule has 4 aromatic rings. The van der Waals surface area contributed by atoms with Crippen molar-refractivity contribution in [2.45, 2.75) is 37.2 Å². The van der Waals surface area contributed by atoms with Gasteiger partial charge in [0.15, 0.2) is 5.76 Å². The van der Waals surface area contributed by atoms with Crippen LogP contribution >= 0.6 is 0 Å². The maximum absolute atomic E-state index is 14.1. The number of aliphatic hydroxyl groups is 1. The Bertz CT molecular complexity index is 1810. The number of anilines is 1. The van der Waals surface area contributed by atoms with E-state index < -0.39 is 15.6 Å². The Kier molecular flexibility index (Phi) is 10.0. The van der Waals surface area contributed by atoms with Gasteiger partial charge in [0, 0.05) is 58.5 Å². The number of nitrogens with one attached hydrogen (secondary N) is 1. The highest BCUT2D eigenvalue weighted by atomic mass is 32.2. The van der Waals surface area contributed by atoms with Gasteiger partial charge < -0.3 is 19.7 Å². The van der Waals surface area contributed by atoms with E-state index in [1.807, 2.05) is 6.07 Å². The van der Waals surface area contributed by atoms with Gasteiger partial charge in [0.2, 0.25) is 0 Å². The third-order valence-electron chi connectivity index (χ3n) is 7.32. The summed E-state index contributed by atoms with van der Waals surface area (Å²) in [4.78, 5) is 32.7. The molecule has 2 aromatic heterocycles. The van der Waals surface area contributed by atoms with Gasteiger partial charge in [-0.1, -0.05) is 36.1 Å². The Morgan fingerprint density at radius 2 is 1.82 bits per heavy atom. The lowest BCUT2D eigenvalue weighted by Gasteiger charge is -2.29. The molecule has 1 saturated heterocycles. The van der Waals surface area contributed by atoms with Crippen LogP contribution in [0.4, 0.5) is 5.69 Å². The second-order valence-electron chi connectivity index (χ2n) is 10.7. The molecule has 0 saturated carbocycles. The van der Waals surface area contributed by atoms with Crippen LogP contribution in [-0.2, 0) is 9.73 Å². The van der Waals surface area contributed by atoms with Crippen LogP contribution in [0.5, 0.6) is 0 Å². The summed E-state index contributed by atoms with van der Waals surface area (Å²) in [5.41, 5.74) is 2.64. The Labute approximate surface area is 257 Å². The Hall–Kier alpha value is -4.56. The van der Waals surface area contributed by atoms with E-state index in [2.05, 4.69) is 31.4 Å². The number of piperidine rings is 1. The van der Waals surface area contributed by atoms with Gasteiger partial charge in [-0.05, 0) is 75.2 Å². The number of carbonyl (C=O) groups excluding carboxylic acids is 2. The lowest BCUT2D eigenvalue weighted by molar-refractivity contribution is 0.0828. The SMILES string of the molecule is Cc1ccoc1C(=O)Nc1cccc(C#Cc2cncc(C(=O)N=S(=O)(CCCN3CCC(O)CC3)c3ccccc3)c2)c1. The van der Waals surface area contributed by atoms with E-state index in [0.29, 0.717) is 28.1 Å². The minimum atomic E-state index is -3.03. The Morgan fingerprint density at radius 3 is 2.57 bits per heavy atom. The van der Waals surface area contributed by atoms with E-state index in [9.17, 15) is 18.9 Å². The Morgan fingerprint density at radius 1 is 1.05 bits per heavy atom. The van der Waals surface area contributed by atoms with Gasteiger partial charge in [-0.15, -0.1) is 0 Å². The molecule has 0 radical (unpaired) electrons. The molecule has 2 aromatic carbocycles. The van der Waals surface area contributed by atoms with Crippen molar-refractivity contribution in [3.05, 3.63) is 113 Å². The van der Waals surface area contributed by atoms with Gasteiger partial charge in [-0.2, -0.15) is 4.36 Å². The average molecular weight is 611 g/mol. The second kappa shape index (κ2) is 14.3. The van der Waals surface area contributed by atoms with Crippen molar-refractivity contribution < 1.29 is 23.3 Å². The molecule has 9 nitrogen and oxygen atoms in total. The maximum Gasteiger partial charge on any atom is 0.291 e. The van der Waals surface area contributed by atoms with Crippen LogP contribution in [0.1, 0.15) is 56.9 Å². The summed E-state index contributed by atoms with van der Waals surface area (Å²) >= 11 is 0. The van der Waals surface area contributed by atoms with Gasteiger partial charge >= 0.3 is 0 Å². The number of nitrogens with zero attached hydrogens (tertiary/aromatic N) is 3. The van der Waals surface area contributed by atoms with Crippen molar-refractivity contribution >= 4 is 27.2 Å². The third-order valence-corrected chi connectivity index (χ3v) is 9.63. The number of pyridine rings is 1. The normalized spacial score (nSPS) is 15.0. The first kappa shape index (κ1) is 30.9. The van der Waals surface area contributed by atoms with E-state index in [4.69, 9.17) is 4.42 Å². The smallest absolute Gasteiger partial charge is 0.291 e. The summed E-state index contributed by atoms with van der Waals surface area (Å²) in [6.07, 6.45) is 6.22. The third kappa shape index (κ3) is 8.08. The summed E-state index contributed by atoms with van der Waals surface area (Å²) in [7, 11) is -3.03. The van der Waals surface area contributed by atoms with E-state index in [0.717, 1.165) is 38.0 Å². The summed E-state index contributed by atoms with van der Waals surface area (Å²) < 4.78 is 23.7. The fraction of sp³-hybridized carbons (Fsp3) is 0.265. The van der Waals surface area contributed by atoms with Crippen molar-refractivity contribution in [1.82, 2.24) is 9.88 Å². The molecular formula is C34H34N4O5S. The lowest BCUT2D eigenvalue weighted by Crippen LogP contribution is -2.36. The second-order valence-corrected chi connectivity index (χ2v) is 13.0. The number of aromatic nitrogens is 1. The molecule has 1 aliphatic rings. The van der Waals surface area contributed by atoms with Crippen LogP contribution in [0.3, 0.4) is 0 Å². The summed E-state index contributed by atoms with van der Waals surface area (Å²) in [6, 6.07) is 19.3.